The first-order valence-corrected chi connectivity index (χ1v) is 7.70. The Kier molecular flexibility index (Phi) is 5.95. The van der Waals surface area contributed by atoms with Crippen molar-refractivity contribution in [2.75, 3.05) is 17.2 Å². The molecule has 1 amide bonds. The zero-order valence-electron chi connectivity index (χ0n) is 13.2. The van der Waals surface area contributed by atoms with Crippen molar-refractivity contribution >= 4 is 17.4 Å². The van der Waals surface area contributed by atoms with Gasteiger partial charge in [-0.1, -0.05) is 44.2 Å². The summed E-state index contributed by atoms with van der Waals surface area (Å²) < 4.78 is 0. The highest BCUT2D eigenvalue weighted by Crippen LogP contribution is 2.11. The zero-order chi connectivity index (χ0) is 15.8. The molecule has 2 N–H and O–H groups in total. The van der Waals surface area contributed by atoms with Crippen LogP contribution in [0.4, 0.5) is 11.5 Å². The van der Waals surface area contributed by atoms with Crippen molar-refractivity contribution in [1.82, 2.24) is 4.98 Å². The number of hydrogen-bond donors (Lipinski definition) is 2. The van der Waals surface area contributed by atoms with Gasteiger partial charge in [-0.3, -0.25) is 4.79 Å². The topological polar surface area (TPSA) is 54.0 Å². The summed E-state index contributed by atoms with van der Waals surface area (Å²) in [6.07, 6.45) is 3.79. The largest absolute Gasteiger partial charge is 0.370 e. The molecule has 1 heterocycles. The summed E-state index contributed by atoms with van der Waals surface area (Å²) in [5.41, 5.74) is 2.08. The van der Waals surface area contributed by atoms with Crippen LogP contribution in [0.25, 0.3) is 0 Å². The van der Waals surface area contributed by atoms with Gasteiger partial charge in [0, 0.05) is 12.5 Å². The van der Waals surface area contributed by atoms with Crippen molar-refractivity contribution in [2.45, 2.75) is 26.7 Å². The molecule has 0 fully saturated rings. The summed E-state index contributed by atoms with van der Waals surface area (Å²) in [5, 5.41) is 6.12. The number of aryl methyl sites for hydroxylation is 1. The molecule has 1 aromatic carbocycles. The molecule has 0 unspecified atom stereocenters. The van der Waals surface area contributed by atoms with E-state index in [1.54, 1.807) is 6.20 Å². The summed E-state index contributed by atoms with van der Waals surface area (Å²) in [7, 11) is 0. The van der Waals surface area contributed by atoms with Gasteiger partial charge in [-0.15, -0.1) is 0 Å². The normalized spacial score (nSPS) is 10.5. The van der Waals surface area contributed by atoms with Crippen LogP contribution in [0.15, 0.2) is 48.7 Å². The van der Waals surface area contributed by atoms with Crippen molar-refractivity contribution in [1.29, 1.82) is 0 Å². The van der Waals surface area contributed by atoms with E-state index in [0.29, 0.717) is 0 Å². The van der Waals surface area contributed by atoms with Crippen LogP contribution in [0.2, 0.25) is 0 Å². The third-order valence-electron chi connectivity index (χ3n) is 3.35. The SMILES string of the molecule is CC(C)C(=O)Nc1ccc(NCCCc2ccccc2)nc1. The summed E-state index contributed by atoms with van der Waals surface area (Å²) in [5.74, 6) is 0.803. The second-order valence-corrected chi connectivity index (χ2v) is 5.59. The Morgan fingerprint density at radius 3 is 2.55 bits per heavy atom. The second-order valence-electron chi connectivity index (χ2n) is 5.59. The fraction of sp³-hybridized carbons (Fsp3) is 0.333. The molecule has 4 heteroatoms. The van der Waals surface area contributed by atoms with Crippen LogP contribution >= 0.6 is 0 Å². The average Bonchev–Trinajstić information content (AvgIpc) is 2.54. The standard InChI is InChI=1S/C18H23N3O/c1-14(2)18(22)21-16-10-11-17(20-13-16)19-12-6-9-15-7-4-3-5-8-15/h3-5,7-8,10-11,13-14H,6,9,12H2,1-2H3,(H,19,20)(H,21,22). The van der Waals surface area contributed by atoms with Crippen molar-refractivity contribution in [2.24, 2.45) is 5.92 Å². The fourth-order valence-corrected chi connectivity index (χ4v) is 2.01. The molecule has 0 radical (unpaired) electrons. The summed E-state index contributed by atoms with van der Waals surface area (Å²) in [6, 6.07) is 14.2. The molecule has 0 atom stereocenters. The lowest BCUT2D eigenvalue weighted by Crippen LogP contribution is -2.17. The van der Waals surface area contributed by atoms with E-state index in [2.05, 4.69) is 39.9 Å². The first kappa shape index (κ1) is 16.0. The number of anilines is 2. The number of aromatic nitrogens is 1. The Morgan fingerprint density at radius 2 is 1.91 bits per heavy atom. The first-order valence-electron chi connectivity index (χ1n) is 7.70. The van der Waals surface area contributed by atoms with E-state index < -0.39 is 0 Å². The van der Waals surface area contributed by atoms with Crippen LogP contribution in [-0.2, 0) is 11.2 Å². The lowest BCUT2D eigenvalue weighted by Gasteiger charge is -2.09. The van der Waals surface area contributed by atoms with Crippen LogP contribution in [0.5, 0.6) is 0 Å². The minimum absolute atomic E-state index is 0.00497. The van der Waals surface area contributed by atoms with Crippen molar-refractivity contribution in [3.63, 3.8) is 0 Å². The van der Waals surface area contributed by atoms with E-state index in [4.69, 9.17) is 0 Å². The number of pyridine rings is 1. The molecule has 0 spiro atoms. The average molecular weight is 297 g/mol. The third kappa shape index (κ3) is 5.20. The number of carbonyl (C=O) groups excluding carboxylic acids is 1. The highest BCUT2D eigenvalue weighted by Gasteiger charge is 2.06. The minimum atomic E-state index is -0.0317. The Balaban J connectivity index is 1.73. The number of rotatable bonds is 7. The Bertz CT molecular complexity index is 579. The Hall–Kier alpha value is -2.36. The molecule has 0 saturated heterocycles. The summed E-state index contributed by atoms with van der Waals surface area (Å²) in [6.45, 7) is 4.61. The zero-order valence-corrected chi connectivity index (χ0v) is 13.2. The van der Waals surface area contributed by atoms with Crippen molar-refractivity contribution in [3.8, 4) is 0 Å². The molecule has 1 aromatic heterocycles. The predicted octanol–water partition coefficient (Wildman–Crippen LogP) is 3.72. The van der Waals surface area contributed by atoms with Crippen molar-refractivity contribution in [3.05, 3.63) is 54.2 Å². The van der Waals surface area contributed by atoms with E-state index in [0.717, 1.165) is 30.9 Å². The van der Waals surface area contributed by atoms with Crippen LogP contribution in [0.1, 0.15) is 25.8 Å². The van der Waals surface area contributed by atoms with Gasteiger partial charge in [0.15, 0.2) is 0 Å². The van der Waals surface area contributed by atoms with Gasteiger partial charge in [0.25, 0.3) is 0 Å². The molecule has 0 bridgehead atoms. The Morgan fingerprint density at radius 1 is 1.14 bits per heavy atom. The van der Waals surface area contributed by atoms with Crippen LogP contribution in [0, 0.1) is 5.92 Å². The third-order valence-corrected chi connectivity index (χ3v) is 3.35. The molecular weight excluding hydrogens is 274 g/mol. The molecule has 0 aliphatic rings. The molecule has 4 nitrogen and oxygen atoms in total. The molecule has 116 valence electrons. The molecule has 2 rings (SSSR count). The second kappa shape index (κ2) is 8.17. The fourth-order valence-electron chi connectivity index (χ4n) is 2.01. The number of hydrogen-bond acceptors (Lipinski definition) is 3. The summed E-state index contributed by atoms with van der Waals surface area (Å²) >= 11 is 0. The first-order chi connectivity index (χ1) is 10.6. The molecule has 0 aliphatic carbocycles. The minimum Gasteiger partial charge on any atom is -0.370 e. The highest BCUT2D eigenvalue weighted by molar-refractivity contribution is 5.91. The maximum absolute atomic E-state index is 11.6. The van der Waals surface area contributed by atoms with Gasteiger partial charge in [-0.25, -0.2) is 4.98 Å². The maximum atomic E-state index is 11.6. The monoisotopic (exact) mass is 297 g/mol. The molecule has 2 aromatic rings. The molecule has 22 heavy (non-hydrogen) atoms. The van der Waals surface area contributed by atoms with Gasteiger partial charge in [0.1, 0.15) is 5.82 Å². The van der Waals surface area contributed by atoms with Gasteiger partial charge in [0.05, 0.1) is 11.9 Å². The van der Waals surface area contributed by atoms with E-state index in [1.165, 1.54) is 5.56 Å². The lowest BCUT2D eigenvalue weighted by molar-refractivity contribution is -0.118. The Labute approximate surface area is 132 Å². The van der Waals surface area contributed by atoms with Crippen LogP contribution in [0.3, 0.4) is 0 Å². The number of nitrogens with one attached hydrogen (secondary N) is 2. The maximum Gasteiger partial charge on any atom is 0.226 e. The van der Waals surface area contributed by atoms with Crippen molar-refractivity contribution < 1.29 is 4.79 Å². The highest BCUT2D eigenvalue weighted by atomic mass is 16.1. The smallest absolute Gasteiger partial charge is 0.226 e. The van der Waals surface area contributed by atoms with E-state index in [1.807, 2.05) is 32.0 Å². The number of amides is 1. The van der Waals surface area contributed by atoms with E-state index in [9.17, 15) is 4.79 Å². The van der Waals surface area contributed by atoms with E-state index >= 15 is 0 Å². The van der Waals surface area contributed by atoms with Gasteiger partial charge in [-0.05, 0) is 30.5 Å². The quantitative estimate of drug-likeness (QED) is 0.766. The number of nitrogens with zero attached hydrogens (tertiary/aromatic N) is 1. The van der Waals surface area contributed by atoms with E-state index in [-0.39, 0.29) is 11.8 Å². The van der Waals surface area contributed by atoms with Crippen LogP contribution < -0.4 is 10.6 Å². The lowest BCUT2D eigenvalue weighted by atomic mass is 10.1. The predicted molar refractivity (Wildman–Crippen MR) is 91.0 cm³/mol. The van der Waals surface area contributed by atoms with Crippen LogP contribution in [-0.4, -0.2) is 17.4 Å². The summed E-state index contributed by atoms with van der Waals surface area (Å²) in [4.78, 5) is 15.9. The molecule has 0 saturated carbocycles. The number of benzene rings is 1. The molecule has 0 aliphatic heterocycles. The van der Waals surface area contributed by atoms with Gasteiger partial charge in [-0.2, -0.15) is 0 Å². The van der Waals surface area contributed by atoms with Gasteiger partial charge < -0.3 is 10.6 Å². The van der Waals surface area contributed by atoms with Gasteiger partial charge >= 0.3 is 0 Å². The number of carbonyl (C=O) groups is 1. The molecular formula is C18H23N3O. The van der Waals surface area contributed by atoms with Gasteiger partial charge in [0.2, 0.25) is 5.91 Å².